The average molecular weight is 403 g/mol. The van der Waals surface area contributed by atoms with Gasteiger partial charge in [-0.2, -0.15) is 5.10 Å². The highest BCUT2D eigenvalue weighted by molar-refractivity contribution is 5.99. The molecule has 0 unspecified atom stereocenters. The van der Waals surface area contributed by atoms with Gasteiger partial charge in [-0.05, 0) is 25.5 Å². The number of hydrogen-bond acceptors (Lipinski definition) is 3. The van der Waals surface area contributed by atoms with E-state index in [1.807, 2.05) is 34.0 Å². The standard InChI is InChI=1S/C25H30N4O/c1-3-13-27-14-16-28(17-15-27)25(30)23-19-29(18-21-7-5-4-6-8-21)26-24(23)22-11-9-20(2)10-12-22/h4-12,19H,3,13-18H2,1-2H3. The molecule has 1 amide bonds. The molecule has 0 atom stereocenters. The first-order valence-corrected chi connectivity index (χ1v) is 10.8. The van der Waals surface area contributed by atoms with E-state index in [1.54, 1.807) is 0 Å². The second kappa shape index (κ2) is 9.26. The molecular formula is C25H30N4O. The fourth-order valence-corrected chi connectivity index (χ4v) is 4.02. The van der Waals surface area contributed by atoms with Crippen LogP contribution >= 0.6 is 0 Å². The number of hydrogen-bond donors (Lipinski definition) is 0. The van der Waals surface area contributed by atoms with Gasteiger partial charge in [0.2, 0.25) is 0 Å². The van der Waals surface area contributed by atoms with Gasteiger partial charge in [-0.15, -0.1) is 0 Å². The number of aromatic nitrogens is 2. The van der Waals surface area contributed by atoms with Gasteiger partial charge >= 0.3 is 0 Å². The molecule has 1 aliphatic rings. The summed E-state index contributed by atoms with van der Waals surface area (Å²) in [6.45, 7) is 9.45. The molecule has 0 N–H and O–H groups in total. The second-order valence-corrected chi connectivity index (χ2v) is 8.07. The van der Waals surface area contributed by atoms with Crippen LogP contribution < -0.4 is 0 Å². The van der Waals surface area contributed by atoms with Crippen LogP contribution in [0, 0.1) is 6.92 Å². The third kappa shape index (κ3) is 4.62. The molecule has 0 radical (unpaired) electrons. The highest BCUT2D eigenvalue weighted by atomic mass is 16.2. The molecule has 30 heavy (non-hydrogen) atoms. The molecule has 5 nitrogen and oxygen atoms in total. The lowest BCUT2D eigenvalue weighted by Gasteiger charge is -2.34. The van der Waals surface area contributed by atoms with Gasteiger partial charge < -0.3 is 4.90 Å². The van der Waals surface area contributed by atoms with Crippen molar-refractivity contribution >= 4 is 5.91 Å². The molecule has 0 bridgehead atoms. The van der Waals surface area contributed by atoms with Crippen LogP contribution in [0.4, 0.5) is 0 Å². The number of carbonyl (C=O) groups excluding carboxylic acids is 1. The number of amides is 1. The van der Waals surface area contributed by atoms with Crippen molar-refractivity contribution in [3.63, 3.8) is 0 Å². The van der Waals surface area contributed by atoms with E-state index in [2.05, 4.69) is 55.1 Å². The zero-order valence-electron chi connectivity index (χ0n) is 17.9. The minimum Gasteiger partial charge on any atom is -0.336 e. The molecule has 2 aromatic carbocycles. The Morgan fingerprint density at radius 1 is 0.967 bits per heavy atom. The predicted octanol–water partition coefficient (Wildman–Crippen LogP) is 4.07. The summed E-state index contributed by atoms with van der Waals surface area (Å²) in [5, 5.41) is 4.82. The maximum Gasteiger partial charge on any atom is 0.257 e. The van der Waals surface area contributed by atoms with Gasteiger partial charge in [0.1, 0.15) is 5.69 Å². The van der Waals surface area contributed by atoms with Gasteiger partial charge in [-0.3, -0.25) is 14.4 Å². The largest absolute Gasteiger partial charge is 0.336 e. The van der Waals surface area contributed by atoms with Gasteiger partial charge in [0, 0.05) is 37.9 Å². The molecule has 1 aliphatic heterocycles. The number of aryl methyl sites for hydroxylation is 1. The summed E-state index contributed by atoms with van der Waals surface area (Å²) >= 11 is 0. The first-order valence-electron chi connectivity index (χ1n) is 10.8. The minimum absolute atomic E-state index is 0.0843. The summed E-state index contributed by atoms with van der Waals surface area (Å²) in [6.07, 6.45) is 3.07. The summed E-state index contributed by atoms with van der Waals surface area (Å²) < 4.78 is 1.89. The summed E-state index contributed by atoms with van der Waals surface area (Å²) in [7, 11) is 0. The first-order chi connectivity index (χ1) is 14.6. The Kier molecular flexibility index (Phi) is 6.29. The zero-order chi connectivity index (χ0) is 20.9. The molecule has 2 heterocycles. The van der Waals surface area contributed by atoms with Crippen LogP contribution in [0.5, 0.6) is 0 Å². The summed E-state index contributed by atoms with van der Waals surface area (Å²) in [6, 6.07) is 18.5. The van der Waals surface area contributed by atoms with Crippen LogP contribution in [0.3, 0.4) is 0 Å². The Bertz CT molecular complexity index is 970. The number of carbonyl (C=O) groups is 1. The van der Waals surface area contributed by atoms with Gasteiger partial charge in [-0.25, -0.2) is 0 Å². The fraction of sp³-hybridized carbons (Fsp3) is 0.360. The molecule has 0 saturated carbocycles. The van der Waals surface area contributed by atoms with Gasteiger partial charge in [0.15, 0.2) is 0 Å². The fourth-order valence-electron chi connectivity index (χ4n) is 4.02. The van der Waals surface area contributed by atoms with E-state index < -0.39 is 0 Å². The van der Waals surface area contributed by atoms with Gasteiger partial charge in [0.25, 0.3) is 5.91 Å². The molecule has 156 valence electrons. The Balaban J connectivity index is 1.61. The molecule has 1 aromatic heterocycles. The highest BCUT2D eigenvalue weighted by Crippen LogP contribution is 2.25. The van der Waals surface area contributed by atoms with Crippen molar-refractivity contribution in [1.82, 2.24) is 19.6 Å². The van der Waals surface area contributed by atoms with E-state index in [1.165, 1.54) is 11.1 Å². The maximum absolute atomic E-state index is 13.4. The SMILES string of the molecule is CCCN1CCN(C(=O)c2cn(Cc3ccccc3)nc2-c2ccc(C)cc2)CC1. The van der Waals surface area contributed by atoms with E-state index in [0.717, 1.165) is 50.4 Å². The van der Waals surface area contributed by atoms with E-state index in [9.17, 15) is 4.79 Å². The number of rotatable bonds is 6. The monoisotopic (exact) mass is 402 g/mol. The Hall–Kier alpha value is -2.92. The zero-order valence-corrected chi connectivity index (χ0v) is 17.9. The van der Waals surface area contributed by atoms with Crippen molar-refractivity contribution < 1.29 is 4.79 Å². The number of benzene rings is 2. The quantitative estimate of drug-likeness (QED) is 0.624. The molecule has 1 fully saturated rings. The number of nitrogens with zero attached hydrogens (tertiary/aromatic N) is 4. The van der Waals surface area contributed by atoms with Crippen molar-refractivity contribution in [2.75, 3.05) is 32.7 Å². The molecular weight excluding hydrogens is 372 g/mol. The van der Waals surface area contributed by atoms with Crippen LogP contribution in [0.1, 0.15) is 34.8 Å². The average Bonchev–Trinajstić information content (AvgIpc) is 3.19. The molecule has 0 spiro atoms. The predicted molar refractivity (Wildman–Crippen MR) is 121 cm³/mol. The Labute approximate surface area is 178 Å². The van der Waals surface area contributed by atoms with Gasteiger partial charge in [-0.1, -0.05) is 67.1 Å². The molecule has 1 saturated heterocycles. The minimum atomic E-state index is 0.0843. The van der Waals surface area contributed by atoms with Gasteiger partial charge in [0.05, 0.1) is 12.1 Å². The molecule has 5 heteroatoms. The Morgan fingerprint density at radius 2 is 1.67 bits per heavy atom. The van der Waals surface area contributed by atoms with E-state index >= 15 is 0 Å². The summed E-state index contributed by atoms with van der Waals surface area (Å²) in [5.41, 5.74) is 4.82. The van der Waals surface area contributed by atoms with Crippen molar-refractivity contribution in [2.45, 2.75) is 26.8 Å². The van der Waals surface area contributed by atoms with Crippen LogP contribution in [-0.4, -0.2) is 58.2 Å². The van der Waals surface area contributed by atoms with Crippen molar-refractivity contribution in [3.8, 4) is 11.3 Å². The van der Waals surface area contributed by atoms with E-state index in [4.69, 9.17) is 5.10 Å². The van der Waals surface area contributed by atoms with Crippen molar-refractivity contribution in [2.24, 2.45) is 0 Å². The summed E-state index contributed by atoms with van der Waals surface area (Å²) in [4.78, 5) is 17.9. The normalized spacial score (nSPS) is 14.8. The van der Waals surface area contributed by atoms with Crippen LogP contribution in [-0.2, 0) is 6.54 Å². The molecule has 3 aromatic rings. The lowest BCUT2D eigenvalue weighted by molar-refractivity contribution is 0.0638. The third-order valence-corrected chi connectivity index (χ3v) is 5.70. The third-order valence-electron chi connectivity index (χ3n) is 5.70. The van der Waals surface area contributed by atoms with E-state index in [0.29, 0.717) is 12.1 Å². The first kappa shape index (κ1) is 20.4. The Morgan fingerprint density at radius 3 is 2.33 bits per heavy atom. The molecule has 4 rings (SSSR count). The van der Waals surface area contributed by atoms with Crippen LogP contribution in [0.25, 0.3) is 11.3 Å². The van der Waals surface area contributed by atoms with Crippen molar-refractivity contribution in [1.29, 1.82) is 0 Å². The molecule has 0 aliphatic carbocycles. The van der Waals surface area contributed by atoms with Crippen LogP contribution in [0.2, 0.25) is 0 Å². The van der Waals surface area contributed by atoms with E-state index in [-0.39, 0.29) is 5.91 Å². The lowest BCUT2D eigenvalue weighted by Crippen LogP contribution is -2.48. The number of piperazine rings is 1. The highest BCUT2D eigenvalue weighted by Gasteiger charge is 2.26. The second-order valence-electron chi connectivity index (χ2n) is 8.07. The topological polar surface area (TPSA) is 41.4 Å². The lowest BCUT2D eigenvalue weighted by atomic mass is 10.1. The smallest absolute Gasteiger partial charge is 0.257 e. The summed E-state index contributed by atoms with van der Waals surface area (Å²) in [5.74, 6) is 0.0843. The maximum atomic E-state index is 13.4. The van der Waals surface area contributed by atoms with Crippen LogP contribution in [0.15, 0.2) is 60.8 Å². The van der Waals surface area contributed by atoms with Crippen molar-refractivity contribution in [3.05, 3.63) is 77.5 Å².